The van der Waals surface area contributed by atoms with Gasteiger partial charge in [-0.2, -0.15) is 0 Å². The van der Waals surface area contributed by atoms with Gasteiger partial charge in [0.2, 0.25) is 5.91 Å². The smallest absolute Gasteiger partial charge is 0.261 e. The van der Waals surface area contributed by atoms with E-state index in [-0.39, 0.29) is 17.9 Å². The number of pyridine rings is 1. The Hall–Kier alpha value is -2.73. The van der Waals surface area contributed by atoms with Crippen molar-refractivity contribution in [2.24, 2.45) is 0 Å². The molecule has 32 heavy (non-hydrogen) atoms. The van der Waals surface area contributed by atoms with Crippen molar-refractivity contribution < 1.29 is 9.59 Å². The van der Waals surface area contributed by atoms with Crippen molar-refractivity contribution in [3.05, 3.63) is 64.8 Å². The largest absolute Gasteiger partial charge is 0.354 e. The molecule has 0 radical (unpaired) electrons. The highest BCUT2D eigenvalue weighted by molar-refractivity contribution is 7.21. The molecule has 0 aliphatic carbocycles. The van der Waals surface area contributed by atoms with E-state index in [1.165, 1.54) is 0 Å². The second-order valence-corrected chi connectivity index (χ2v) is 9.51. The van der Waals surface area contributed by atoms with Gasteiger partial charge in [0.25, 0.3) is 5.91 Å². The molecular weight excluding hydrogens is 418 g/mol. The van der Waals surface area contributed by atoms with Gasteiger partial charge in [-0.05, 0) is 61.3 Å². The van der Waals surface area contributed by atoms with Gasteiger partial charge in [-0.1, -0.05) is 37.1 Å². The fourth-order valence-corrected chi connectivity index (χ4v) is 5.84. The Kier molecular flexibility index (Phi) is 7.53. The molecule has 0 bridgehead atoms. The minimum absolute atomic E-state index is 0.0388. The quantitative estimate of drug-likeness (QED) is 0.553. The number of likely N-dealkylation sites (tertiary alicyclic amines) is 1. The van der Waals surface area contributed by atoms with Crippen LogP contribution in [0.5, 0.6) is 0 Å². The van der Waals surface area contributed by atoms with E-state index in [4.69, 9.17) is 0 Å². The maximum absolute atomic E-state index is 13.2. The molecule has 1 saturated heterocycles. The normalized spacial score (nSPS) is 16.7. The minimum atomic E-state index is -0.0388. The van der Waals surface area contributed by atoms with Gasteiger partial charge >= 0.3 is 0 Å². The number of amides is 2. The maximum Gasteiger partial charge on any atom is 0.261 e. The molecule has 0 spiro atoms. The van der Waals surface area contributed by atoms with Crippen molar-refractivity contribution in [3.8, 4) is 0 Å². The molecule has 3 aromatic rings. The Morgan fingerprint density at radius 2 is 1.97 bits per heavy atom. The number of aromatic nitrogens is 1. The molecule has 1 atom stereocenters. The van der Waals surface area contributed by atoms with Gasteiger partial charge in [-0.25, -0.2) is 0 Å². The van der Waals surface area contributed by atoms with E-state index in [1.54, 1.807) is 24.6 Å². The first-order chi connectivity index (χ1) is 15.7. The summed E-state index contributed by atoms with van der Waals surface area (Å²) in [5.74, 6) is 0.192. The van der Waals surface area contributed by atoms with Crippen LogP contribution < -0.4 is 5.32 Å². The van der Waals surface area contributed by atoms with E-state index >= 15 is 0 Å². The molecule has 1 fully saturated rings. The Balaban J connectivity index is 1.52. The summed E-state index contributed by atoms with van der Waals surface area (Å²) >= 11 is 1.55. The van der Waals surface area contributed by atoms with Crippen molar-refractivity contribution in [1.82, 2.24) is 15.2 Å². The van der Waals surface area contributed by atoms with Crippen molar-refractivity contribution >= 4 is 33.2 Å². The van der Waals surface area contributed by atoms with Gasteiger partial charge in [-0.15, -0.1) is 11.3 Å². The molecule has 0 unspecified atom stereocenters. The lowest BCUT2D eigenvalue weighted by molar-refractivity contribution is -0.133. The van der Waals surface area contributed by atoms with E-state index in [0.29, 0.717) is 6.42 Å². The van der Waals surface area contributed by atoms with Crippen LogP contribution >= 0.6 is 11.3 Å². The number of nitrogens with zero attached hydrogens (tertiary/aromatic N) is 2. The predicted molar refractivity (Wildman–Crippen MR) is 130 cm³/mol. The lowest BCUT2D eigenvalue weighted by atomic mass is 9.97. The average Bonchev–Trinajstić information content (AvgIpc) is 3.02. The standard InChI is InChI=1S/C26H31N3O2S/c1-27-26(31)25-22(21-13-4-5-14-23(21)32-25)18-20-12-3-2-8-17-29(20)24(30)15-9-11-19-10-6-7-16-28-19/h4-7,10,13-14,16,20H,2-3,8-9,11-12,15,17-18H2,1H3,(H,27,31)/t20-/m0/s1. The van der Waals surface area contributed by atoms with Gasteiger partial charge in [0, 0.05) is 42.6 Å². The SMILES string of the molecule is CNC(=O)c1sc2ccccc2c1C[C@@H]1CCCCCN1C(=O)CCCc1ccccn1. The van der Waals surface area contributed by atoms with Crippen molar-refractivity contribution in [3.63, 3.8) is 0 Å². The van der Waals surface area contributed by atoms with Crippen LogP contribution in [0.2, 0.25) is 0 Å². The number of hydrogen-bond donors (Lipinski definition) is 1. The summed E-state index contributed by atoms with van der Waals surface area (Å²) in [6.07, 6.45) is 9.03. The Bertz CT molecular complexity index is 1060. The Morgan fingerprint density at radius 1 is 1.12 bits per heavy atom. The number of nitrogens with one attached hydrogen (secondary N) is 1. The molecule has 1 N–H and O–H groups in total. The van der Waals surface area contributed by atoms with Gasteiger partial charge < -0.3 is 10.2 Å². The highest BCUT2D eigenvalue weighted by atomic mass is 32.1. The van der Waals surface area contributed by atoms with Crippen molar-refractivity contribution in [2.45, 2.75) is 57.4 Å². The second-order valence-electron chi connectivity index (χ2n) is 8.45. The monoisotopic (exact) mass is 449 g/mol. The van der Waals surface area contributed by atoms with Crippen LogP contribution in [0, 0.1) is 0 Å². The average molecular weight is 450 g/mol. The van der Waals surface area contributed by atoms with Crippen LogP contribution in [0.3, 0.4) is 0 Å². The van der Waals surface area contributed by atoms with Gasteiger partial charge in [0.05, 0.1) is 4.88 Å². The van der Waals surface area contributed by atoms with Gasteiger partial charge in [0.1, 0.15) is 0 Å². The molecule has 6 heteroatoms. The van der Waals surface area contributed by atoms with Gasteiger partial charge in [0.15, 0.2) is 0 Å². The zero-order valence-corrected chi connectivity index (χ0v) is 19.5. The molecule has 1 aliphatic rings. The fraction of sp³-hybridized carbons (Fsp3) is 0.423. The molecule has 1 aromatic carbocycles. The number of benzene rings is 1. The summed E-state index contributed by atoms with van der Waals surface area (Å²) < 4.78 is 1.13. The number of thiophene rings is 1. The first-order valence-corrected chi connectivity index (χ1v) is 12.4. The Morgan fingerprint density at radius 3 is 2.78 bits per heavy atom. The van der Waals surface area contributed by atoms with Crippen molar-refractivity contribution in [2.75, 3.05) is 13.6 Å². The highest BCUT2D eigenvalue weighted by Crippen LogP contribution is 2.34. The predicted octanol–water partition coefficient (Wildman–Crippen LogP) is 4.99. The zero-order chi connectivity index (χ0) is 22.3. The molecule has 0 saturated carbocycles. The number of hydrogen-bond acceptors (Lipinski definition) is 4. The summed E-state index contributed by atoms with van der Waals surface area (Å²) in [4.78, 5) is 33.1. The highest BCUT2D eigenvalue weighted by Gasteiger charge is 2.28. The molecule has 2 aromatic heterocycles. The van der Waals surface area contributed by atoms with Crippen LogP contribution in [-0.4, -0.2) is 41.3 Å². The summed E-state index contributed by atoms with van der Waals surface area (Å²) in [7, 11) is 1.68. The third kappa shape index (κ3) is 5.18. The molecule has 5 nitrogen and oxygen atoms in total. The number of fused-ring (bicyclic) bond motifs is 1. The molecule has 168 valence electrons. The zero-order valence-electron chi connectivity index (χ0n) is 18.7. The first-order valence-electron chi connectivity index (χ1n) is 11.6. The molecule has 3 heterocycles. The van der Waals surface area contributed by atoms with Crippen LogP contribution in [0.4, 0.5) is 0 Å². The van der Waals surface area contributed by atoms with E-state index in [1.807, 2.05) is 30.3 Å². The van der Waals surface area contributed by atoms with E-state index < -0.39 is 0 Å². The minimum Gasteiger partial charge on any atom is -0.354 e. The van der Waals surface area contributed by atoms with Crippen LogP contribution in [0.15, 0.2) is 48.7 Å². The van der Waals surface area contributed by atoms with Crippen LogP contribution in [0.1, 0.15) is 59.5 Å². The number of rotatable bonds is 7. The first kappa shape index (κ1) is 22.5. The lowest BCUT2D eigenvalue weighted by Gasteiger charge is -2.30. The third-order valence-electron chi connectivity index (χ3n) is 6.32. The fourth-order valence-electron chi connectivity index (χ4n) is 4.66. The summed E-state index contributed by atoms with van der Waals surface area (Å²) in [6, 6.07) is 14.3. The van der Waals surface area contributed by atoms with Crippen LogP contribution in [0.25, 0.3) is 10.1 Å². The van der Waals surface area contributed by atoms with Crippen molar-refractivity contribution in [1.29, 1.82) is 0 Å². The van der Waals surface area contributed by atoms with Crippen LogP contribution in [-0.2, 0) is 17.6 Å². The second kappa shape index (κ2) is 10.7. The van der Waals surface area contributed by atoms with E-state index in [0.717, 1.165) is 77.7 Å². The number of aryl methyl sites for hydroxylation is 1. The maximum atomic E-state index is 13.2. The Labute approximate surface area is 193 Å². The summed E-state index contributed by atoms with van der Waals surface area (Å²) in [6.45, 7) is 0.810. The topological polar surface area (TPSA) is 62.3 Å². The molecule has 1 aliphatic heterocycles. The number of carbonyl (C=O) groups excluding carboxylic acids is 2. The van der Waals surface area contributed by atoms with E-state index in [9.17, 15) is 9.59 Å². The molecule has 2 amide bonds. The summed E-state index contributed by atoms with van der Waals surface area (Å²) in [5.41, 5.74) is 2.12. The summed E-state index contributed by atoms with van der Waals surface area (Å²) in [5, 5.41) is 3.94. The third-order valence-corrected chi connectivity index (χ3v) is 7.53. The number of carbonyl (C=O) groups is 2. The van der Waals surface area contributed by atoms with Gasteiger partial charge in [-0.3, -0.25) is 14.6 Å². The lowest BCUT2D eigenvalue weighted by Crippen LogP contribution is -2.41. The molecular formula is C26H31N3O2S. The van der Waals surface area contributed by atoms with E-state index in [2.05, 4.69) is 27.3 Å². The molecule has 4 rings (SSSR count).